The highest BCUT2D eigenvalue weighted by Crippen LogP contribution is 2.17. The minimum atomic E-state index is -3.67. The monoisotopic (exact) mass is 312 g/mol. The van der Waals surface area contributed by atoms with E-state index in [-0.39, 0.29) is 11.1 Å². The number of rotatable bonds is 6. The van der Waals surface area contributed by atoms with Crippen molar-refractivity contribution in [3.05, 3.63) is 24.2 Å². The normalized spacial score (nSPS) is 13.8. The summed E-state index contributed by atoms with van der Waals surface area (Å²) >= 11 is 0. The van der Waals surface area contributed by atoms with Crippen molar-refractivity contribution in [2.45, 2.75) is 51.2 Å². The number of hydrogen-bond donors (Lipinski definition) is 2. The van der Waals surface area contributed by atoms with Gasteiger partial charge in [-0.25, -0.2) is 13.4 Å². The molecule has 8 nitrogen and oxygen atoms in total. The van der Waals surface area contributed by atoms with Gasteiger partial charge in [0.25, 0.3) is 10.0 Å². The van der Waals surface area contributed by atoms with E-state index in [2.05, 4.69) is 24.9 Å². The predicted octanol–water partition coefficient (Wildman–Crippen LogP) is 1.18. The maximum Gasteiger partial charge on any atom is 0.258 e. The molecule has 9 heteroatoms. The predicted molar refractivity (Wildman–Crippen MR) is 77.1 cm³/mol. The number of nitrogens with zero attached hydrogens (tertiary/aromatic N) is 4. The number of aryl methyl sites for hydroxylation is 1. The Bertz CT molecular complexity index is 703. The van der Waals surface area contributed by atoms with E-state index in [1.807, 2.05) is 25.3 Å². The zero-order valence-corrected chi connectivity index (χ0v) is 13.3. The van der Waals surface area contributed by atoms with Gasteiger partial charge in [-0.15, -0.1) is 10.2 Å². The first-order valence-corrected chi connectivity index (χ1v) is 8.29. The van der Waals surface area contributed by atoms with Crippen molar-refractivity contribution in [1.82, 2.24) is 29.5 Å². The summed E-state index contributed by atoms with van der Waals surface area (Å²) in [6.45, 7) is 7.60. The minimum Gasteiger partial charge on any atom is -0.332 e. The SMILES string of the molecule is CCc1ncc(S(=O)(=O)N[C@@H](C)c2nncn2C(C)C)[nH]1. The summed E-state index contributed by atoms with van der Waals surface area (Å²) in [5, 5.41) is 7.90. The summed E-state index contributed by atoms with van der Waals surface area (Å²) in [6, 6.07) is -0.339. The van der Waals surface area contributed by atoms with Gasteiger partial charge in [-0.1, -0.05) is 6.92 Å². The highest BCUT2D eigenvalue weighted by molar-refractivity contribution is 7.89. The Kier molecular flexibility index (Phi) is 4.43. The molecule has 0 fully saturated rings. The number of H-pyrrole nitrogens is 1. The highest BCUT2D eigenvalue weighted by atomic mass is 32.2. The molecule has 0 aliphatic rings. The largest absolute Gasteiger partial charge is 0.332 e. The number of imidazole rings is 1. The van der Waals surface area contributed by atoms with Gasteiger partial charge in [-0.3, -0.25) is 0 Å². The van der Waals surface area contributed by atoms with Crippen LogP contribution in [0.15, 0.2) is 17.6 Å². The zero-order valence-electron chi connectivity index (χ0n) is 12.5. The van der Waals surface area contributed by atoms with Crippen molar-refractivity contribution in [3.8, 4) is 0 Å². The summed E-state index contributed by atoms with van der Waals surface area (Å²) in [5.74, 6) is 1.21. The molecular formula is C12H20N6O2S. The van der Waals surface area contributed by atoms with Crippen molar-refractivity contribution >= 4 is 10.0 Å². The Hall–Kier alpha value is -1.74. The van der Waals surface area contributed by atoms with Gasteiger partial charge in [-0.2, -0.15) is 4.72 Å². The second-order valence-corrected chi connectivity index (χ2v) is 6.76. The third-order valence-corrected chi connectivity index (χ3v) is 4.56. The molecule has 0 amide bonds. The summed E-state index contributed by atoms with van der Waals surface area (Å²) in [4.78, 5) is 6.80. The lowest BCUT2D eigenvalue weighted by Crippen LogP contribution is -2.29. The van der Waals surface area contributed by atoms with Crippen LogP contribution in [0.3, 0.4) is 0 Å². The molecule has 0 saturated carbocycles. The van der Waals surface area contributed by atoms with E-state index >= 15 is 0 Å². The molecule has 0 aromatic carbocycles. The number of aromatic nitrogens is 5. The maximum absolute atomic E-state index is 12.3. The van der Waals surface area contributed by atoms with Gasteiger partial charge in [0, 0.05) is 12.5 Å². The van der Waals surface area contributed by atoms with Crippen LogP contribution in [0.2, 0.25) is 0 Å². The molecule has 0 saturated heterocycles. The molecule has 0 radical (unpaired) electrons. The maximum atomic E-state index is 12.3. The van der Waals surface area contributed by atoms with E-state index in [0.29, 0.717) is 18.1 Å². The van der Waals surface area contributed by atoms with Gasteiger partial charge in [-0.05, 0) is 20.8 Å². The Balaban J connectivity index is 2.21. The molecule has 2 aromatic heterocycles. The molecule has 116 valence electrons. The first-order chi connectivity index (χ1) is 9.85. The van der Waals surface area contributed by atoms with E-state index in [4.69, 9.17) is 0 Å². The van der Waals surface area contributed by atoms with Gasteiger partial charge in [0.2, 0.25) is 0 Å². The van der Waals surface area contributed by atoms with E-state index < -0.39 is 16.1 Å². The van der Waals surface area contributed by atoms with Crippen LogP contribution in [0.4, 0.5) is 0 Å². The standard InChI is InChI=1S/C12H20N6O2S/c1-5-10-13-6-11(15-10)21(19,20)17-9(4)12-16-14-7-18(12)8(2)3/h6-9,17H,5H2,1-4H3,(H,13,15)/t9-/m0/s1. The molecule has 0 spiro atoms. The van der Waals surface area contributed by atoms with Crippen molar-refractivity contribution in [1.29, 1.82) is 0 Å². The first-order valence-electron chi connectivity index (χ1n) is 6.80. The average molecular weight is 312 g/mol. The Labute approximate surface area is 124 Å². The lowest BCUT2D eigenvalue weighted by atomic mass is 10.3. The van der Waals surface area contributed by atoms with Crippen LogP contribution >= 0.6 is 0 Å². The Morgan fingerprint density at radius 3 is 2.67 bits per heavy atom. The van der Waals surface area contributed by atoms with Crippen molar-refractivity contribution < 1.29 is 8.42 Å². The van der Waals surface area contributed by atoms with Crippen LogP contribution in [-0.4, -0.2) is 33.2 Å². The molecular weight excluding hydrogens is 292 g/mol. The second kappa shape index (κ2) is 5.94. The molecule has 2 aromatic rings. The smallest absolute Gasteiger partial charge is 0.258 e. The summed E-state index contributed by atoms with van der Waals surface area (Å²) in [7, 11) is -3.67. The van der Waals surface area contributed by atoms with Crippen molar-refractivity contribution in [3.63, 3.8) is 0 Å². The van der Waals surface area contributed by atoms with Crippen LogP contribution in [-0.2, 0) is 16.4 Å². The van der Waals surface area contributed by atoms with Gasteiger partial charge in [0.05, 0.1) is 12.2 Å². The number of aromatic amines is 1. The lowest BCUT2D eigenvalue weighted by molar-refractivity contribution is 0.513. The zero-order chi connectivity index (χ0) is 15.6. The molecule has 0 bridgehead atoms. The van der Waals surface area contributed by atoms with Gasteiger partial charge >= 0.3 is 0 Å². The molecule has 2 heterocycles. The van der Waals surface area contributed by atoms with Crippen LogP contribution in [0.25, 0.3) is 0 Å². The van der Waals surface area contributed by atoms with Crippen LogP contribution in [0, 0.1) is 0 Å². The Morgan fingerprint density at radius 2 is 2.10 bits per heavy atom. The van der Waals surface area contributed by atoms with Crippen LogP contribution in [0.5, 0.6) is 0 Å². The van der Waals surface area contributed by atoms with E-state index in [9.17, 15) is 8.42 Å². The number of nitrogens with one attached hydrogen (secondary N) is 2. The van der Waals surface area contributed by atoms with Crippen LogP contribution < -0.4 is 4.72 Å². The van der Waals surface area contributed by atoms with Crippen molar-refractivity contribution in [2.75, 3.05) is 0 Å². The molecule has 21 heavy (non-hydrogen) atoms. The quantitative estimate of drug-likeness (QED) is 0.833. The second-order valence-electron chi connectivity index (χ2n) is 5.08. The van der Waals surface area contributed by atoms with Crippen LogP contribution in [0.1, 0.15) is 51.4 Å². The summed E-state index contributed by atoms with van der Waals surface area (Å²) < 4.78 is 29.0. The lowest BCUT2D eigenvalue weighted by Gasteiger charge is -2.16. The van der Waals surface area contributed by atoms with E-state index in [1.54, 1.807) is 13.3 Å². The fourth-order valence-electron chi connectivity index (χ4n) is 1.97. The van der Waals surface area contributed by atoms with E-state index in [0.717, 1.165) is 0 Å². The number of sulfonamides is 1. The third kappa shape index (κ3) is 3.30. The average Bonchev–Trinajstić information content (AvgIpc) is 3.07. The molecule has 0 aliphatic heterocycles. The molecule has 1 atom stereocenters. The Morgan fingerprint density at radius 1 is 1.38 bits per heavy atom. The topological polar surface area (TPSA) is 106 Å². The molecule has 2 rings (SSSR count). The van der Waals surface area contributed by atoms with Gasteiger partial charge in [0.15, 0.2) is 10.9 Å². The van der Waals surface area contributed by atoms with Crippen molar-refractivity contribution in [2.24, 2.45) is 0 Å². The third-order valence-electron chi connectivity index (χ3n) is 3.11. The fourth-order valence-corrected chi connectivity index (χ4v) is 3.11. The summed E-state index contributed by atoms with van der Waals surface area (Å²) in [6.07, 6.45) is 3.56. The van der Waals surface area contributed by atoms with Gasteiger partial charge in [0.1, 0.15) is 12.2 Å². The molecule has 0 unspecified atom stereocenters. The molecule has 2 N–H and O–H groups in total. The minimum absolute atomic E-state index is 0.0572. The summed E-state index contributed by atoms with van der Waals surface area (Å²) in [5.41, 5.74) is 0. The van der Waals surface area contributed by atoms with Gasteiger partial charge < -0.3 is 9.55 Å². The molecule has 0 aliphatic carbocycles. The number of hydrogen-bond acceptors (Lipinski definition) is 5. The highest BCUT2D eigenvalue weighted by Gasteiger charge is 2.23. The fraction of sp³-hybridized carbons (Fsp3) is 0.583. The van der Waals surface area contributed by atoms with E-state index in [1.165, 1.54) is 6.20 Å². The first kappa shape index (κ1) is 15.6.